The number of carbonyl (C=O) groups excluding carboxylic acids is 1. The molecule has 1 aliphatic carbocycles. The zero-order valence-electron chi connectivity index (χ0n) is 11.1. The number of hydrogen-bond acceptors (Lipinski definition) is 2. The van der Waals surface area contributed by atoms with Crippen LogP contribution in [0.4, 0.5) is 13.2 Å². The number of hydrogen-bond donors (Lipinski definition) is 0. The van der Waals surface area contributed by atoms with E-state index in [-0.39, 0.29) is 21.7 Å². The van der Waals surface area contributed by atoms with Gasteiger partial charge in [-0.2, -0.15) is 13.2 Å². The van der Waals surface area contributed by atoms with E-state index in [4.69, 9.17) is 23.2 Å². The zero-order chi connectivity index (χ0) is 15.8. The van der Waals surface area contributed by atoms with Crippen LogP contribution in [0, 0.1) is 5.92 Å². The predicted molar refractivity (Wildman–Crippen MR) is 73.5 cm³/mol. The van der Waals surface area contributed by atoms with E-state index in [1.54, 1.807) is 6.92 Å². The van der Waals surface area contributed by atoms with Crippen LogP contribution < -0.4 is 0 Å². The van der Waals surface area contributed by atoms with Crippen molar-refractivity contribution in [2.24, 2.45) is 5.92 Å². The van der Waals surface area contributed by atoms with Crippen LogP contribution >= 0.6 is 23.2 Å². The normalized spacial score (nSPS) is 16.7. The van der Waals surface area contributed by atoms with Gasteiger partial charge in [-0.25, -0.2) is 4.98 Å². The van der Waals surface area contributed by atoms with Crippen LogP contribution in [0.3, 0.4) is 0 Å². The quantitative estimate of drug-likeness (QED) is 0.770. The van der Waals surface area contributed by atoms with Crippen LogP contribution in [0.5, 0.6) is 0 Å². The molecular formula is C13H13Cl2F3N2O. The highest BCUT2D eigenvalue weighted by Gasteiger charge is 2.41. The zero-order valence-corrected chi connectivity index (χ0v) is 12.6. The molecule has 1 saturated carbocycles. The Kier molecular flexibility index (Phi) is 4.68. The number of carbonyl (C=O) groups is 1. The summed E-state index contributed by atoms with van der Waals surface area (Å²) in [5, 5.41) is -0.00615. The molecule has 1 aliphatic rings. The maximum atomic E-state index is 12.7. The molecule has 1 aromatic rings. The molecular weight excluding hydrogens is 328 g/mol. The first-order valence-electron chi connectivity index (χ1n) is 6.38. The first-order valence-corrected chi connectivity index (χ1v) is 7.13. The van der Waals surface area contributed by atoms with Gasteiger partial charge >= 0.3 is 6.18 Å². The molecule has 0 bridgehead atoms. The van der Waals surface area contributed by atoms with Crippen molar-refractivity contribution >= 4 is 29.1 Å². The average molecular weight is 341 g/mol. The number of halogens is 5. The van der Waals surface area contributed by atoms with Crippen LogP contribution in [-0.2, 0) is 0 Å². The van der Waals surface area contributed by atoms with E-state index >= 15 is 0 Å². The van der Waals surface area contributed by atoms with Crippen LogP contribution in [0.1, 0.15) is 30.1 Å². The lowest BCUT2D eigenvalue weighted by atomic mass is 10.1. The third kappa shape index (κ3) is 4.23. The van der Waals surface area contributed by atoms with Crippen molar-refractivity contribution in [1.82, 2.24) is 9.88 Å². The van der Waals surface area contributed by atoms with Gasteiger partial charge in [-0.05, 0) is 31.7 Å². The average Bonchev–Trinajstić information content (AvgIpc) is 3.20. The highest BCUT2D eigenvalue weighted by molar-refractivity contribution is 6.35. The van der Waals surface area contributed by atoms with Crippen molar-refractivity contribution < 1.29 is 18.0 Å². The fraction of sp³-hybridized carbons (Fsp3) is 0.538. The van der Waals surface area contributed by atoms with Crippen LogP contribution in [0.2, 0.25) is 10.2 Å². The fourth-order valence-electron chi connectivity index (χ4n) is 2.16. The predicted octanol–water partition coefficient (Wildman–Crippen LogP) is 4.19. The van der Waals surface area contributed by atoms with E-state index in [1.807, 2.05) is 0 Å². The van der Waals surface area contributed by atoms with E-state index in [0.29, 0.717) is 0 Å². The number of nitrogens with zero attached hydrogens (tertiary/aromatic N) is 2. The van der Waals surface area contributed by atoms with E-state index < -0.39 is 24.7 Å². The van der Waals surface area contributed by atoms with Crippen molar-refractivity contribution in [1.29, 1.82) is 0 Å². The van der Waals surface area contributed by atoms with Crippen molar-refractivity contribution in [2.45, 2.75) is 32.0 Å². The topological polar surface area (TPSA) is 33.2 Å². The fourth-order valence-corrected chi connectivity index (χ4v) is 2.50. The van der Waals surface area contributed by atoms with Gasteiger partial charge in [-0.3, -0.25) is 4.79 Å². The molecule has 8 heteroatoms. The van der Waals surface area contributed by atoms with Crippen LogP contribution in [0.25, 0.3) is 0 Å². The summed E-state index contributed by atoms with van der Waals surface area (Å²) in [6, 6.07) is 0.692. The van der Waals surface area contributed by atoms with Crippen molar-refractivity contribution in [3.8, 4) is 0 Å². The number of rotatable bonds is 4. The molecule has 0 N–H and O–H groups in total. The van der Waals surface area contributed by atoms with E-state index in [9.17, 15) is 18.0 Å². The van der Waals surface area contributed by atoms with Gasteiger partial charge in [-0.1, -0.05) is 23.2 Å². The molecule has 2 rings (SSSR count). The minimum absolute atomic E-state index is 0.00813. The van der Waals surface area contributed by atoms with Gasteiger partial charge in [0.25, 0.3) is 5.91 Å². The second-order valence-corrected chi connectivity index (χ2v) is 5.91. The summed E-state index contributed by atoms with van der Waals surface area (Å²) < 4.78 is 38.2. The minimum Gasteiger partial charge on any atom is -0.327 e. The first kappa shape index (κ1) is 16.4. The lowest BCUT2D eigenvalue weighted by molar-refractivity contribution is -0.144. The molecule has 3 nitrogen and oxygen atoms in total. The Morgan fingerprint density at radius 3 is 2.62 bits per heavy atom. The molecule has 0 aliphatic heterocycles. The van der Waals surface area contributed by atoms with Gasteiger partial charge in [0.15, 0.2) is 0 Å². The summed E-state index contributed by atoms with van der Waals surface area (Å²) in [6.07, 6.45) is -1.66. The Hall–Kier alpha value is -1.01. The summed E-state index contributed by atoms with van der Waals surface area (Å²) in [5.74, 6) is -0.673. The van der Waals surface area contributed by atoms with Gasteiger partial charge in [0, 0.05) is 12.2 Å². The standard InChI is InChI=1S/C13H13Cl2F3N2O/c1-7(8-2-3-8)20(6-13(16,17)18)12(21)9-4-11(15)19-5-10(9)14/h4-5,7-8H,2-3,6H2,1H3. The summed E-state index contributed by atoms with van der Waals surface area (Å²) in [7, 11) is 0. The highest BCUT2D eigenvalue weighted by Crippen LogP contribution is 2.37. The minimum atomic E-state index is -4.47. The van der Waals surface area contributed by atoms with Crippen LogP contribution in [0.15, 0.2) is 12.3 Å². The first-order chi connectivity index (χ1) is 9.69. The molecule has 1 atom stereocenters. The molecule has 116 valence electrons. The van der Waals surface area contributed by atoms with E-state index in [1.165, 1.54) is 6.07 Å². The van der Waals surface area contributed by atoms with E-state index in [2.05, 4.69) is 4.98 Å². The molecule has 1 amide bonds. The number of amides is 1. The Labute approximate surface area is 130 Å². The Morgan fingerprint density at radius 2 is 2.10 bits per heavy atom. The molecule has 0 radical (unpaired) electrons. The lowest BCUT2D eigenvalue weighted by Gasteiger charge is -2.30. The van der Waals surface area contributed by atoms with Gasteiger partial charge in [0.1, 0.15) is 11.7 Å². The van der Waals surface area contributed by atoms with Gasteiger partial charge in [0.05, 0.1) is 10.6 Å². The second-order valence-electron chi connectivity index (χ2n) is 5.11. The monoisotopic (exact) mass is 340 g/mol. The number of pyridine rings is 1. The van der Waals surface area contributed by atoms with Crippen molar-refractivity contribution in [2.75, 3.05) is 6.54 Å². The highest BCUT2D eigenvalue weighted by atomic mass is 35.5. The molecule has 1 heterocycles. The molecule has 1 unspecified atom stereocenters. The Morgan fingerprint density at radius 1 is 1.48 bits per heavy atom. The molecule has 1 aromatic heterocycles. The summed E-state index contributed by atoms with van der Waals surface area (Å²) in [6.45, 7) is 0.317. The van der Waals surface area contributed by atoms with Crippen molar-refractivity contribution in [3.63, 3.8) is 0 Å². The molecule has 0 aromatic carbocycles. The Balaban J connectivity index is 2.30. The summed E-state index contributed by atoms with van der Waals surface area (Å²) in [4.78, 5) is 16.9. The third-order valence-electron chi connectivity index (χ3n) is 3.46. The SMILES string of the molecule is CC(C1CC1)N(CC(F)(F)F)C(=O)c1cc(Cl)ncc1Cl. The van der Waals surface area contributed by atoms with Gasteiger partial charge in [0.2, 0.25) is 0 Å². The molecule has 1 fully saturated rings. The Bertz CT molecular complexity index is 547. The molecule has 0 spiro atoms. The summed E-state index contributed by atoms with van der Waals surface area (Å²) >= 11 is 11.5. The largest absolute Gasteiger partial charge is 0.406 e. The van der Waals surface area contributed by atoms with Gasteiger partial charge < -0.3 is 4.90 Å². The number of alkyl halides is 3. The van der Waals surface area contributed by atoms with E-state index in [0.717, 1.165) is 23.9 Å². The molecule has 21 heavy (non-hydrogen) atoms. The third-order valence-corrected chi connectivity index (χ3v) is 3.97. The van der Waals surface area contributed by atoms with Crippen molar-refractivity contribution in [3.05, 3.63) is 28.0 Å². The van der Waals surface area contributed by atoms with Crippen LogP contribution in [-0.4, -0.2) is 34.6 Å². The summed E-state index contributed by atoms with van der Waals surface area (Å²) in [5.41, 5.74) is -0.0617. The molecule has 0 saturated heterocycles. The maximum Gasteiger partial charge on any atom is 0.406 e. The second kappa shape index (κ2) is 6.01. The smallest absolute Gasteiger partial charge is 0.327 e. The maximum absolute atomic E-state index is 12.7. The lowest BCUT2D eigenvalue weighted by Crippen LogP contribution is -2.45. The van der Waals surface area contributed by atoms with Gasteiger partial charge in [-0.15, -0.1) is 0 Å². The number of aromatic nitrogens is 1.